The molecule has 0 aromatic carbocycles. The van der Waals surface area contributed by atoms with Gasteiger partial charge in [-0.3, -0.25) is 5.32 Å². The first-order chi connectivity index (χ1) is 2.41. The first-order valence-electron chi connectivity index (χ1n) is 0.894. The Bertz CT molecular complexity index is 73.9. The van der Waals surface area contributed by atoms with E-state index in [9.17, 15) is 0 Å². The quantitative estimate of drug-likeness (QED) is 0.355. The largest absolute Gasteiger partial charge is 1.00 e. The van der Waals surface area contributed by atoms with Gasteiger partial charge in [0.25, 0.3) is 0 Å². The van der Waals surface area contributed by atoms with Gasteiger partial charge in [-0.15, -0.1) is 0 Å². The third-order valence-electron chi connectivity index (χ3n) is 0.100. The first-order valence-corrected chi connectivity index (χ1v) is 0.894. The van der Waals surface area contributed by atoms with Gasteiger partial charge in [0.15, 0.2) is 0 Å². The van der Waals surface area contributed by atoms with Crippen LogP contribution in [0, 0.1) is 22.9 Å². The molecule has 0 heterocycles. The number of nitriles is 2. The summed E-state index contributed by atoms with van der Waals surface area (Å²) in [6.07, 6.45) is 2.56. The summed E-state index contributed by atoms with van der Waals surface area (Å²) in [6, 6.07) is 0. The van der Waals surface area contributed by atoms with Gasteiger partial charge < -0.3 is 10.5 Å². The van der Waals surface area contributed by atoms with Crippen LogP contribution >= 0.6 is 0 Å². The van der Waals surface area contributed by atoms with Crippen LogP contribution in [-0.2, 0) is 0 Å². The van der Waals surface area contributed by atoms with E-state index in [2.05, 4.69) is 5.32 Å². The smallest absolute Gasteiger partial charge is 0.385 e. The van der Waals surface area contributed by atoms with Crippen LogP contribution in [0.2, 0.25) is 0 Å². The third-order valence-corrected chi connectivity index (χ3v) is 0.100. The van der Waals surface area contributed by atoms with Crippen molar-refractivity contribution in [2.75, 3.05) is 0 Å². The fourth-order valence-electron chi connectivity index (χ4n) is 0.0224. The Hall–Kier alpha value is 0.585. The maximum Gasteiger partial charge on any atom is 1.00 e. The molecule has 0 aromatic rings. The SMILES string of the molecule is N#C[N-]C#N.[Rb+]. The predicted molar refractivity (Wildman–Crippen MR) is 14.6 cm³/mol. The molecule has 0 amide bonds. The zero-order valence-corrected chi connectivity index (χ0v) is 8.26. The van der Waals surface area contributed by atoms with Crippen molar-refractivity contribution in [3.05, 3.63) is 5.32 Å². The van der Waals surface area contributed by atoms with Crippen LogP contribution in [0.3, 0.4) is 0 Å². The molecule has 0 aromatic heterocycles. The molecule has 0 fully saturated rings. The maximum absolute atomic E-state index is 7.43. The minimum atomic E-state index is 0. The van der Waals surface area contributed by atoms with E-state index < -0.39 is 0 Å². The van der Waals surface area contributed by atoms with Crippen LogP contribution in [-0.4, -0.2) is 0 Å². The monoisotopic (exact) mass is 151 g/mol. The molecule has 0 aliphatic rings. The average molecular weight is 152 g/mol. The van der Waals surface area contributed by atoms with Crippen molar-refractivity contribution in [3.63, 3.8) is 0 Å². The van der Waals surface area contributed by atoms with Gasteiger partial charge >= 0.3 is 58.2 Å². The second kappa shape index (κ2) is 9.14. The van der Waals surface area contributed by atoms with Gasteiger partial charge in [0, 0.05) is 12.4 Å². The van der Waals surface area contributed by atoms with E-state index in [-0.39, 0.29) is 58.2 Å². The van der Waals surface area contributed by atoms with Gasteiger partial charge in [0.1, 0.15) is 0 Å². The Morgan fingerprint density at radius 1 is 1.17 bits per heavy atom. The second-order valence-corrected chi connectivity index (χ2v) is 0.312. The van der Waals surface area contributed by atoms with Gasteiger partial charge in [0.05, 0.1) is 0 Å². The number of hydrogen-bond donors (Lipinski definition) is 0. The van der Waals surface area contributed by atoms with E-state index in [1.54, 1.807) is 0 Å². The summed E-state index contributed by atoms with van der Waals surface area (Å²) in [5, 5.41) is 17.4. The topological polar surface area (TPSA) is 61.7 Å². The molecule has 6 heavy (non-hydrogen) atoms. The molecule has 0 saturated heterocycles. The Morgan fingerprint density at radius 3 is 1.50 bits per heavy atom. The van der Waals surface area contributed by atoms with E-state index >= 15 is 0 Å². The fourth-order valence-corrected chi connectivity index (χ4v) is 0.0224. The predicted octanol–water partition coefficient (Wildman–Crippen LogP) is -2.67. The van der Waals surface area contributed by atoms with E-state index in [4.69, 9.17) is 10.5 Å². The first kappa shape index (κ1) is 9.77. The molecule has 0 radical (unpaired) electrons. The van der Waals surface area contributed by atoms with Crippen molar-refractivity contribution in [2.45, 2.75) is 0 Å². The summed E-state index contributed by atoms with van der Waals surface area (Å²) in [5.41, 5.74) is 0. The van der Waals surface area contributed by atoms with Crippen LogP contribution in [0.1, 0.15) is 0 Å². The zero-order valence-electron chi connectivity index (χ0n) is 3.34. The Labute approximate surface area is 84.7 Å². The van der Waals surface area contributed by atoms with Crippen LogP contribution < -0.4 is 58.2 Å². The molecule has 0 spiro atoms. The van der Waals surface area contributed by atoms with Crippen LogP contribution in [0.4, 0.5) is 0 Å². The summed E-state index contributed by atoms with van der Waals surface area (Å²) < 4.78 is 0. The van der Waals surface area contributed by atoms with E-state index in [1.807, 2.05) is 0 Å². The maximum atomic E-state index is 7.43. The minimum absolute atomic E-state index is 0. The Kier molecular flexibility index (Phi) is 14.9. The molecular formula is C2N3Rb. The molecule has 0 aliphatic heterocycles. The standard InChI is InChI=1S/C2N3.Rb/c3-1-5-2-4;/q-1;+1. The van der Waals surface area contributed by atoms with Crippen LogP contribution in [0.5, 0.6) is 0 Å². The molecule has 0 bridgehead atoms. The molecule has 0 N–H and O–H groups in total. The molecule has 4 heteroatoms. The Balaban J connectivity index is 0. The van der Waals surface area contributed by atoms with Gasteiger partial charge in [-0.2, -0.15) is 0 Å². The van der Waals surface area contributed by atoms with Crippen molar-refractivity contribution in [2.24, 2.45) is 0 Å². The summed E-state index contributed by atoms with van der Waals surface area (Å²) in [6.45, 7) is 0. The summed E-state index contributed by atoms with van der Waals surface area (Å²) in [5.74, 6) is 0. The normalized spacial score (nSPS) is 3.00. The van der Waals surface area contributed by atoms with Crippen molar-refractivity contribution in [1.82, 2.24) is 0 Å². The molecule has 0 unspecified atom stereocenters. The number of rotatable bonds is 0. The van der Waals surface area contributed by atoms with Crippen molar-refractivity contribution >= 4 is 0 Å². The summed E-state index contributed by atoms with van der Waals surface area (Å²) >= 11 is 0. The van der Waals surface area contributed by atoms with E-state index in [0.29, 0.717) is 0 Å². The molecule has 0 saturated carbocycles. The van der Waals surface area contributed by atoms with Crippen molar-refractivity contribution in [1.29, 1.82) is 10.5 Å². The number of nitrogens with zero attached hydrogens (tertiary/aromatic N) is 3. The van der Waals surface area contributed by atoms with Gasteiger partial charge in [0.2, 0.25) is 0 Å². The summed E-state index contributed by atoms with van der Waals surface area (Å²) in [7, 11) is 0. The van der Waals surface area contributed by atoms with Gasteiger partial charge in [-0.05, 0) is 0 Å². The minimum Gasteiger partial charge on any atom is -0.385 e. The number of hydrogen-bond acceptors (Lipinski definition) is 2. The van der Waals surface area contributed by atoms with Crippen molar-refractivity contribution < 1.29 is 58.2 Å². The molecule has 0 aliphatic carbocycles. The molecule has 0 rings (SSSR count). The van der Waals surface area contributed by atoms with Gasteiger partial charge in [-0.25, -0.2) is 0 Å². The Morgan fingerprint density at radius 2 is 1.50 bits per heavy atom. The third kappa shape index (κ3) is 8.82. The average Bonchev–Trinajstić information content (AvgIpc) is 1.41. The zero-order chi connectivity index (χ0) is 4.12. The fraction of sp³-hybridized carbons (Fsp3) is 0. The van der Waals surface area contributed by atoms with E-state index in [0.717, 1.165) is 0 Å². The molecular weight excluding hydrogens is 152 g/mol. The van der Waals surface area contributed by atoms with Crippen LogP contribution in [0.15, 0.2) is 0 Å². The molecule has 0 atom stereocenters. The van der Waals surface area contributed by atoms with Gasteiger partial charge in [-0.1, -0.05) is 0 Å². The van der Waals surface area contributed by atoms with E-state index in [1.165, 1.54) is 12.4 Å². The molecule has 24 valence electrons. The summed E-state index contributed by atoms with van der Waals surface area (Å²) in [4.78, 5) is 0. The van der Waals surface area contributed by atoms with Crippen molar-refractivity contribution in [3.8, 4) is 12.4 Å². The second-order valence-electron chi connectivity index (χ2n) is 0.312. The molecule has 3 nitrogen and oxygen atoms in total. The van der Waals surface area contributed by atoms with Crippen LogP contribution in [0.25, 0.3) is 5.32 Å².